The molecule has 1 unspecified atom stereocenters. The van der Waals surface area contributed by atoms with E-state index in [1.165, 1.54) is 15.6 Å². The summed E-state index contributed by atoms with van der Waals surface area (Å²) in [5, 5.41) is 1.93. The van der Waals surface area contributed by atoms with E-state index < -0.39 is 10.0 Å². The van der Waals surface area contributed by atoms with Crippen LogP contribution in [0.3, 0.4) is 0 Å². The van der Waals surface area contributed by atoms with E-state index in [0.29, 0.717) is 14.6 Å². The maximum absolute atomic E-state index is 12.9. The Hall–Kier alpha value is -0.410. The minimum atomic E-state index is -3.65. The smallest absolute Gasteiger partial charge is 0.245 e. The third-order valence-corrected chi connectivity index (χ3v) is 8.01. The zero-order chi connectivity index (χ0) is 15.8. The molecule has 0 radical (unpaired) electrons. The molecule has 8 heteroatoms. The van der Waals surface area contributed by atoms with Crippen molar-refractivity contribution in [1.82, 2.24) is 4.31 Å². The standard InChI is InChI=1S/C13H14Br2N2O2S2/c1-8(12-4-3-5-20-12)17(2)21(18,19)13-10(14)6-9(16)7-11(13)15/h3-8H,16H2,1-2H3. The highest BCUT2D eigenvalue weighted by molar-refractivity contribution is 9.11. The van der Waals surface area contributed by atoms with Crippen molar-refractivity contribution in [3.63, 3.8) is 0 Å². The Morgan fingerprint density at radius 1 is 1.29 bits per heavy atom. The van der Waals surface area contributed by atoms with Crippen molar-refractivity contribution in [3.05, 3.63) is 43.5 Å². The van der Waals surface area contributed by atoms with Crippen molar-refractivity contribution in [1.29, 1.82) is 0 Å². The summed E-state index contributed by atoms with van der Waals surface area (Å²) in [6.45, 7) is 1.86. The number of rotatable bonds is 4. The summed E-state index contributed by atoms with van der Waals surface area (Å²) < 4.78 is 28.0. The third-order valence-electron chi connectivity index (χ3n) is 3.16. The molecule has 2 N–H and O–H groups in total. The van der Waals surface area contributed by atoms with Gasteiger partial charge in [-0.05, 0) is 62.4 Å². The van der Waals surface area contributed by atoms with Crippen molar-refractivity contribution in [2.45, 2.75) is 17.9 Å². The highest BCUT2D eigenvalue weighted by Gasteiger charge is 2.30. The minimum absolute atomic E-state index is 0.183. The van der Waals surface area contributed by atoms with Gasteiger partial charge in [0.1, 0.15) is 4.90 Å². The van der Waals surface area contributed by atoms with Crippen LogP contribution in [-0.2, 0) is 10.0 Å². The number of sulfonamides is 1. The first-order chi connectivity index (χ1) is 9.75. The topological polar surface area (TPSA) is 63.4 Å². The van der Waals surface area contributed by atoms with Crippen molar-refractivity contribution < 1.29 is 8.42 Å². The molecule has 2 rings (SSSR count). The fourth-order valence-electron chi connectivity index (χ4n) is 1.89. The summed E-state index contributed by atoms with van der Waals surface area (Å²) in [6.07, 6.45) is 0. The van der Waals surface area contributed by atoms with Gasteiger partial charge in [0.2, 0.25) is 10.0 Å². The predicted molar refractivity (Wildman–Crippen MR) is 93.9 cm³/mol. The lowest BCUT2D eigenvalue weighted by Gasteiger charge is -2.24. The molecule has 0 aliphatic heterocycles. The summed E-state index contributed by atoms with van der Waals surface area (Å²) >= 11 is 8.11. The van der Waals surface area contributed by atoms with Gasteiger partial charge in [-0.15, -0.1) is 11.3 Å². The van der Waals surface area contributed by atoms with Gasteiger partial charge < -0.3 is 5.73 Å². The highest BCUT2D eigenvalue weighted by Crippen LogP contribution is 2.37. The van der Waals surface area contributed by atoms with E-state index in [1.54, 1.807) is 19.2 Å². The number of nitrogen functional groups attached to an aromatic ring is 1. The van der Waals surface area contributed by atoms with Crippen LogP contribution >= 0.6 is 43.2 Å². The highest BCUT2D eigenvalue weighted by atomic mass is 79.9. The van der Waals surface area contributed by atoms with Crippen LogP contribution in [0.1, 0.15) is 17.8 Å². The molecule has 0 spiro atoms. The summed E-state index contributed by atoms with van der Waals surface area (Å²) in [4.78, 5) is 1.17. The van der Waals surface area contributed by atoms with Crippen LogP contribution in [0.15, 0.2) is 43.5 Å². The number of nitrogens with zero attached hydrogens (tertiary/aromatic N) is 1. The molecule has 21 heavy (non-hydrogen) atoms. The maximum atomic E-state index is 12.9. The molecule has 1 heterocycles. The number of thiophene rings is 1. The predicted octanol–water partition coefficient (Wildman–Crippen LogP) is 4.24. The molecule has 0 aliphatic carbocycles. The first-order valence-corrected chi connectivity index (χ1v) is 9.91. The lowest BCUT2D eigenvalue weighted by Crippen LogP contribution is -2.30. The van der Waals surface area contributed by atoms with Crippen LogP contribution in [0.4, 0.5) is 5.69 Å². The van der Waals surface area contributed by atoms with E-state index in [4.69, 9.17) is 5.73 Å². The van der Waals surface area contributed by atoms with Crippen molar-refractivity contribution >= 4 is 58.9 Å². The van der Waals surface area contributed by atoms with Crippen molar-refractivity contribution in [2.24, 2.45) is 0 Å². The van der Waals surface area contributed by atoms with Gasteiger partial charge in [-0.2, -0.15) is 4.31 Å². The third kappa shape index (κ3) is 3.34. The molecule has 0 bridgehead atoms. The molecule has 1 atom stereocenters. The van der Waals surface area contributed by atoms with Crippen LogP contribution in [0.5, 0.6) is 0 Å². The van der Waals surface area contributed by atoms with Gasteiger partial charge in [0.25, 0.3) is 0 Å². The lowest BCUT2D eigenvalue weighted by molar-refractivity contribution is 0.402. The van der Waals surface area contributed by atoms with Gasteiger partial charge in [-0.25, -0.2) is 8.42 Å². The van der Waals surface area contributed by atoms with E-state index in [0.717, 1.165) is 4.88 Å². The van der Waals surface area contributed by atoms with E-state index >= 15 is 0 Å². The van der Waals surface area contributed by atoms with Gasteiger partial charge in [0, 0.05) is 26.6 Å². The van der Waals surface area contributed by atoms with E-state index in [1.807, 2.05) is 24.4 Å². The molecular weight excluding hydrogens is 440 g/mol. The molecule has 0 amide bonds. The van der Waals surface area contributed by atoms with E-state index in [2.05, 4.69) is 31.9 Å². The maximum Gasteiger partial charge on any atom is 0.245 e. The zero-order valence-corrected chi connectivity index (χ0v) is 16.2. The largest absolute Gasteiger partial charge is 0.399 e. The molecule has 0 saturated heterocycles. The number of benzene rings is 1. The average molecular weight is 454 g/mol. The number of hydrogen-bond donors (Lipinski definition) is 1. The number of anilines is 1. The Morgan fingerprint density at radius 2 is 1.86 bits per heavy atom. The summed E-state index contributed by atoms with van der Waals surface area (Å²) in [6, 6.07) is 6.76. The van der Waals surface area contributed by atoms with Gasteiger partial charge >= 0.3 is 0 Å². The second-order valence-electron chi connectivity index (χ2n) is 4.53. The Bertz CT molecular complexity index is 723. The number of nitrogens with two attached hydrogens (primary N) is 1. The first-order valence-electron chi connectivity index (χ1n) is 6.01. The molecular formula is C13H14Br2N2O2S2. The normalized spacial score (nSPS) is 13.6. The van der Waals surface area contributed by atoms with Crippen LogP contribution in [-0.4, -0.2) is 19.8 Å². The van der Waals surface area contributed by atoms with Gasteiger partial charge in [-0.1, -0.05) is 6.07 Å². The van der Waals surface area contributed by atoms with Crippen LogP contribution in [0.25, 0.3) is 0 Å². The van der Waals surface area contributed by atoms with Crippen LogP contribution in [0, 0.1) is 0 Å². The molecule has 0 fully saturated rings. The molecule has 1 aromatic carbocycles. The number of halogens is 2. The molecule has 114 valence electrons. The molecule has 1 aromatic heterocycles. The summed E-state index contributed by atoms with van der Waals surface area (Å²) in [5.74, 6) is 0. The molecule has 0 saturated carbocycles. The van der Waals surface area contributed by atoms with Gasteiger partial charge in [0.15, 0.2) is 0 Å². The fraction of sp³-hybridized carbons (Fsp3) is 0.231. The SMILES string of the molecule is CC(c1cccs1)N(C)S(=O)(=O)c1c(Br)cc(N)cc1Br. The minimum Gasteiger partial charge on any atom is -0.399 e. The molecule has 0 aliphatic rings. The lowest BCUT2D eigenvalue weighted by atomic mass is 10.3. The van der Waals surface area contributed by atoms with E-state index in [9.17, 15) is 8.42 Å². The summed E-state index contributed by atoms with van der Waals surface area (Å²) in [5.41, 5.74) is 6.21. The second kappa shape index (κ2) is 6.37. The van der Waals surface area contributed by atoms with Gasteiger partial charge in [-0.3, -0.25) is 0 Å². The average Bonchev–Trinajstić information content (AvgIpc) is 2.89. The summed E-state index contributed by atoms with van der Waals surface area (Å²) in [7, 11) is -2.07. The Balaban J connectivity index is 2.47. The van der Waals surface area contributed by atoms with Crippen LogP contribution < -0.4 is 5.73 Å². The Kier molecular flexibility index (Phi) is 5.15. The Morgan fingerprint density at radius 3 is 2.33 bits per heavy atom. The Labute approximate surface area is 145 Å². The van der Waals surface area contributed by atoms with E-state index in [-0.39, 0.29) is 10.9 Å². The number of hydrogen-bond acceptors (Lipinski definition) is 4. The molecule has 4 nitrogen and oxygen atoms in total. The van der Waals surface area contributed by atoms with Crippen molar-refractivity contribution in [2.75, 3.05) is 12.8 Å². The zero-order valence-electron chi connectivity index (χ0n) is 11.4. The van der Waals surface area contributed by atoms with Gasteiger partial charge in [0.05, 0.1) is 6.04 Å². The fourth-order valence-corrected chi connectivity index (χ4v) is 6.66. The second-order valence-corrected chi connectivity index (χ2v) is 9.15. The first kappa shape index (κ1) is 17.0. The molecule has 2 aromatic rings. The van der Waals surface area contributed by atoms with Crippen molar-refractivity contribution in [3.8, 4) is 0 Å². The quantitative estimate of drug-likeness (QED) is 0.704. The van der Waals surface area contributed by atoms with Crippen LogP contribution in [0.2, 0.25) is 0 Å². The monoisotopic (exact) mass is 452 g/mol.